The van der Waals surface area contributed by atoms with Crippen molar-refractivity contribution in [3.8, 4) is 0 Å². The highest BCUT2D eigenvalue weighted by molar-refractivity contribution is 5.80. The first kappa shape index (κ1) is 25.0. The Kier molecular flexibility index (Phi) is 14.1. The average Bonchev–Trinajstić information content (AvgIpc) is 2.68. The smallest absolute Gasteiger partial charge is 0.223 e. The van der Waals surface area contributed by atoms with Crippen LogP contribution in [0.4, 0.5) is 0 Å². The van der Waals surface area contributed by atoms with E-state index in [0.29, 0.717) is 6.42 Å². The summed E-state index contributed by atoms with van der Waals surface area (Å²) in [5.41, 5.74) is 10.9. The van der Waals surface area contributed by atoms with Crippen LogP contribution in [-0.2, 0) is 9.59 Å². The van der Waals surface area contributed by atoms with Gasteiger partial charge in [-0.1, -0.05) is 103 Å². The molecule has 1 aliphatic rings. The highest BCUT2D eigenvalue weighted by atomic mass is 16.1. The van der Waals surface area contributed by atoms with Crippen molar-refractivity contribution in [2.45, 2.75) is 135 Å². The van der Waals surface area contributed by atoms with Gasteiger partial charge in [0.1, 0.15) is 0 Å². The van der Waals surface area contributed by atoms with Crippen molar-refractivity contribution in [3.63, 3.8) is 0 Å². The topological polar surface area (TPSA) is 86.2 Å². The highest BCUT2D eigenvalue weighted by Crippen LogP contribution is 2.37. The van der Waals surface area contributed by atoms with Gasteiger partial charge in [0.15, 0.2) is 0 Å². The minimum atomic E-state index is -0.254. The Morgan fingerprint density at radius 1 is 0.571 bits per heavy atom. The van der Waals surface area contributed by atoms with Gasteiger partial charge in [-0.05, 0) is 25.7 Å². The standard InChI is InChI=1S/C24H46N2O2/c25-22(27)18-14-10-6-5-9-13-17-21-24(23(26)28)19-15-11-7-3-1-2-4-8-12-16-20-24/h1-21H2,(H2,25,27)(H2,26,28). The lowest BCUT2D eigenvalue weighted by molar-refractivity contribution is -0.129. The third-order valence-corrected chi connectivity index (χ3v) is 6.66. The molecule has 0 aromatic carbocycles. The molecule has 28 heavy (non-hydrogen) atoms. The first-order chi connectivity index (χ1) is 13.6. The Morgan fingerprint density at radius 3 is 1.39 bits per heavy atom. The molecule has 4 heteroatoms. The van der Waals surface area contributed by atoms with Crippen LogP contribution < -0.4 is 11.5 Å². The zero-order chi connectivity index (χ0) is 20.5. The molecule has 4 nitrogen and oxygen atoms in total. The molecule has 0 unspecified atom stereocenters. The molecule has 0 bridgehead atoms. The van der Waals surface area contributed by atoms with E-state index in [1.165, 1.54) is 77.0 Å². The van der Waals surface area contributed by atoms with Gasteiger partial charge >= 0.3 is 0 Å². The van der Waals surface area contributed by atoms with E-state index in [2.05, 4.69) is 0 Å². The molecule has 0 spiro atoms. The van der Waals surface area contributed by atoms with E-state index in [9.17, 15) is 9.59 Å². The second kappa shape index (κ2) is 15.8. The number of primary amides is 2. The molecule has 2 amide bonds. The third kappa shape index (κ3) is 11.7. The molecule has 164 valence electrons. The highest BCUT2D eigenvalue weighted by Gasteiger charge is 2.34. The second-order valence-corrected chi connectivity index (χ2v) is 9.12. The summed E-state index contributed by atoms with van der Waals surface area (Å²) in [6.07, 6.45) is 24.3. The summed E-state index contributed by atoms with van der Waals surface area (Å²) in [6.45, 7) is 0. The Labute approximate surface area is 173 Å². The molecule has 0 heterocycles. The summed E-state index contributed by atoms with van der Waals surface area (Å²) in [7, 11) is 0. The molecule has 0 atom stereocenters. The van der Waals surface area contributed by atoms with Gasteiger partial charge in [0.05, 0.1) is 0 Å². The van der Waals surface area contributed by atoms with Crippen molar-refractivity contribution in [1.82, 2.24) is 0 Å². The average molecular weight is 395 g/mol. The van der Waals surface area contributed by atoms with E-state index in [0.717, 1.165) is 51.4 Å². The lowest BCUT2D eigenvalue weighted by atomic mass is 9.73. The second-order valence-electron chi connectivity index (χ2n) is 9.12. The zero-order valence-electron chi connectivity index (χ0n) is 18.3. The fraction of sp³-hybridized carbons (Fsp3) is 0.917. The van der Waals surface area contributed by atoms with Gasteiger partial charge in [-0.2, -0.15) is 0 Å². The zero-order valence-corrected chi connectivity index (χ0v) is 18.3. The summed E-state index contributed by atoms with van der Waals surface area (Å²) in [5.74, 6) is -0.238. The number of hydrogen-bond donors (Lipinski definition) is 2. The Balaban J connectivity index is 2.34. The van der Waals surface area contributed by atoms with Crippen molar-refractivity contribution in [2.75, 3.05) is 0 Å². The van der Waals surface area contributed by atoms with E-state index in [-0.39, 0.29) is 17.2 Å². The maximum atomic E-state index is 12.4. The van der Waals surface area contributed by atoms with Crippen molar-refractivity contribution in [1.29, 1.82) is 0 Å². The van der Waals surface area contributed by atoms with Crippen LogP contribution in [0.15, 0.2) is 0 Å². The normalized spacial score (nSPS) is 19.1. The van der Waals surface area contributed by atoms with E-state index >= 15 is 0 Å². The summed E-state index contributed by atoms with van der Waals surface area (Å²) < 4.78 is 0. The van der Waals surface area contributed by atoms with Crippen molar-refractivity contribution >= 4 is 11.8 Å². The van der Waals surface area contributed by atoms with Crippen LogP contribution in [0.1, 0.15) is 135 Å². The maximum absolute atomic E-state index is 12.4. The van der Waals surface area contributed by atoms with E-state index in [1.54, 1.807) is 0 Å². The van der Waals surface area contributed by atoms with E-state index < -0.39 is 0 Å². The fourth-order valence-corrected chi connectivity index (χ4v) is 4.73. The summed E-state index contributed by atoms with van der Waals surface area (Å²) in [4.78, 5) is 23.2. The van der Waals surface area contributed by atoms with E-state index in [1.807, 2.05) is 0 Å². The molecule has 1 aliphatic carbocycles. The third-order valence-electron chi connectivity index (χ3n) is 6.66. The van der Waals surface area contributed by atoms with Gasteiger partial charge in [-0.3, -0.25) is 9.59 Å². The maximum Gasteiger partial charge on any atom is 0.223 e. The Bertz CT molecular complexity index is 409. The SMILES string of the molecule is NC(=O)CCCCCCCCCC1(C(N)=O)CCCCCCCCCCCC1. The van der Waals surface area contributed by atoms with Crippen LogP contribution in [0.5, 0.6) is 0 Å². The van der Waals surface area contributed by atoms with Gasteiger partial charge in [0.2, 0.25) is 11.8 Å². The molecule has 0 aliphatic heterocycles. The predicted octanol–water partition coefficient (Wildman–Crippen LogP) is 6.15. The number of carbonyl (C=O) groups is 2. The van der Waals surface area contributed by atoms with Crippen LogP contribution in [0, 0.1) is 5.41 Å². The van der Waals surface area contributed by atoms with Crippen molar-refractivity contribution in [2.24, 2.45) is 16.9 Å². The minimum absolute atomic E-state index is 0.0474. The Morgan fingerprint density at radius 2 is 0.964 bits per heavy atom. The largest absolute Gasteiger partial charge is 0.370 e. The van der Waals surface area contributed by atoms with Gasteiger partial charge < -0.3 is 11.5 Å². The molecular formula is C24H46N2O2. The van der Waals surface area contributed by atoms with Gasteiger partial charge in [0, 0.05) is 11.8 Å². The van der Waals surface area contributed by atoms with E-state index in [4.69, 9.17) is 11.5 Å². The molecule has 1 fully saturated rings. The summed E-state index contributed by atoms with van der Waals surface area (Å²) in [5, 5.41) is 0. The number of unbranched alkanes of at least 4 members (excludes halogenated alkanes) is 6. The molecule has 0 saturated heterocycles. The lowest BCUT2D eigenvalue weighted by Gasteiger charge is -2.31. The lowest BCUT2D eigenvalue weighted by Crippen LogP contribution is -2.37. The first-order valence-corrected chi connectivity index (χ1v) is 12.1. The van der Waals surface area contributed by atoms with Crippen LogP contribution in [0.25, 0.3) is 0 Å². The number of carbonyl (C=O) groups excluding carboxylic acids is 2. The molecule has 0 radical (unpaired) electrons. The first-order valence-electron chi connectivity index (χ1n) is 12.1. The Hall–Kier alpha value is -1.06. The molecule has 4 N–H and O–H groups in total. The van der Waals surface area contributed by atoms with Crippen molar-refractivity contribution in [3.05, 3.63) is 0 Å². The molecular weight excluding hydrogens is 348 g/mol. The monoisotopic (exact) mass is 394 g/mol. The quantitative estimate of drug-likeness (QED) is 0.412. The molecule has 1 saturated carbocycles. The molecule has 1 rings (SSSR count). The predicted molar refractivity (Wildman–Crippen MR) is 118 cm³/mol. The minimum Gasteiger partial charge on any atom is -0.370 e. The van der Waals surface area contributed by atoms with Crippen LogP contribution in [-0.4, -0.2) is 11.8 Å². The van der Waals surface area contributed by atoms with Gasteiger partial charge in [-0.15, -0.1) is 0 Å². The van der Waals surface area contributed by atoms with Crippen molar-refractivity contribution < 1.29 is 9.59 Å². The van der Waals surface area contributed by atoms with Crippen LogP contribution in [0.3, 0.4) is 0 Å². The number of nitrogens with two attached hydrogens (primary N) is 2. The van der Waals surface area contributed by atoms with Gasteiger partial charge in [-0.25, -0.2) is 0 Å². The number of hydrogen-bond acceptors (Lipinski definition) is 2. The van der Waals surface area contributed by atoms with Crippen LogP contribution >= 0.6 is 0 Å². The number of amides is 2. The van der Waals surface area contributed by atoms with Crippen LogP contribution in [0.2, 0.25) is 0 Å². The summed E-state index contributed by atoms with van der Waals surface area (Å²) in [6, 6.07) is 0. The van der Waals surface area contributed by atoms with Gasteiger partial charge in [0.25, 0.3) is 0 Å². The summed E-state index contributed by atoms with van der Waals surface area (Å²) >= 11 is 0. The number of rotatable bonds is 11. The molecule has 0 aromatic rings. The fourth-order valence-electron chi connectivity index (χ4n) is 4.73. The molecule has 0 aromatic heterocycles.